The van der Waals surface area contributed by atoms with Gasteiger partial charge in [0.25, 0.3) is 5.91 Å². The normalized spacial score (nSPS) is 15.9. The molecule has 2 rings (SSSR count). The van der Waals surface area contributed by atoms with Crippen LogP contribution < -0.4 is 20.7 Å². The minimum Gasteiger partial charge on any atom is -0.497 e. The number of carbonyl (C=O) groups is 3. The topological polar surface area (TPSA) is 99.8 Å². The van der Waals surface area contributed by atoms with Gasteiger partial charge in [-0.2, -0.15) is 0 Å². The molecule has 1 aromatic carbocycles. The fourth-order valence-electron chi connectivity index (χ4n) is 3.57. The van der Waals surface area contributed by atoms with E-state index in [2.05, 4.69) is 16.0 Å². The Labute approximate surface area is 185 Å². The zero-order chi connectivity index (χ0) is 23.2. The molecule has 1 unspecified atom stereocenters. The number of likely N-dealkylation sites (tertiary alicyclic amines) is 1. The maximum atomic E-state index is 12.9. The number of nitrogens with one attached hydrogen (secondary N) is 3. The van der Waals surface area contributed by atoms with E-state index < -0.39 is 6.04 Å². The fraction of sp³-hybridized carbons (Fsp3) is 0.609. The Morgan fingerprint density at radius 3 is 2.10 bits per heavy atom. The van der Waals surface area contributed by atoms with Crippen molar-refractivity contribution in [2.24, 2.45) is 5.92 Å². The monoisotopic (exact) mass is 432 g/mol. The Bertz CT molecular complexity index is 763. The number of methoxy groups -OCH3 is 1. The molecule has 8 heteroatoms. The van der Waals surface area contributed by atoms with Gasteiger partial charge in [-0.15, -0.1) is 0 Å². The third kappa shape index (κ3) is 7.45. The first-order valence-corrected chi connectivity index (χ1v) is 10.8. The molecule has 0 spiro atoms. The van der Waals surface area contributed by atoms with Crippen LogP contribution in [-0.2, 0) is 4.79 Å². The molecule has 1 aromatic rings. The molecule has 0 radical (unpaired) electrons. The third-order valence-electron chi connectivity index (χ3n) is 5.13. The van der Waals surface area contributed by atoms with Crippen molar-refractivity contribution < 1.29 is 19.1 Å². The number of urea groups is 1. The van der Waals surface area contributed by atoms with E-state index in [-0.39, 0.29) is 35.3 Å². The molecular weight excluding hydrogens is 396 g/mol. The van der Waals surface area contributed by atoms with E-state index in [9.17, 15) is 14.4 Å². The fourth-order valence-corrected chi connectivity index (χ4v) is 3.57. The van der Waals surface area contributed by atoms with Crippen molar-refractivity contribution in [3.05, 3.63) is 29.8 Å². The molecule has 0 aliphatic carbocycles. The van der Waals surface area contributed by atoms with Crippen molar-refractivity contribution in [3.63, 3.8) is 0 Å². The zero-order valence-electron chi connectivity index (χ0n) is 19.5. The molecule has 0 aromatic heterocycles. The molecule has 1 heterocycles. The third-order valence-corrected chi connectivity index (χ3v) is 5.13. The van der Waals surface area contributed by atoms with E-state index >= 15 is 0 Å². The average molecular weight is 433 g/mol. The molecular formula is C23H36N4O4. The minimum atomic E-state index is -0.662. The van der Waals surface area contributed by atoms with Gasteiger partial charge in [-0.3, -0.25) is 9.59 Å². The Kier molecular flexibility index (Phi) is 8.30. The van der Waals surface area contributed by atoms with Crippen LogP contribution in [0.5, 0.6) is 5.75 Å². The minimum absolute atomic E-state index is 0.0365. The predicted molar refractivity (Wildman–Crippen MR) is 120 cm³/mol. The van der Waals surface area contributed by atoms with Gasteiger partial charge in [0.15, 0.2) is 0 Å². The van der Waals surface area contributed by atoms with Crippen LogP contribution in [0.4, 0.5) is 4.79 Å². The average Bonchev–Trinajstić information content (AvgIpc) is 2.70. The molecule has 0 saturated carbocycles. The van der Waals surface area contributed by atoms with Gasteiger partial charge < -0.3 is 25.6 Å². The number of hydrogen-bond acceptors (Lipinski definition) is 4. The van der Waals surface area contributed by atoms with Crippen LogP contribution in [0, 0.1) is 5.92 Å². The van der Waals surface area contributed by atoms with Gasteiger partial charge in [-0.1, -0.05) is 0 Å². The molecule has 1 saturated heterocycles. The van der Waals surface area contributed by atoms with Gasteiger partial charge in [0.05, 0.1) is 7.11 Å². The summed E-state index contributed by atoms with van der Waals surface area (Å²) in [7, 11) is 1.56. The second-order valence-corrected chi connectivity index (χ2v) is 9.35. The summed E-state index contributed by atoms with van der Waals surface area (Å²) in [5, 5.41) is 8.80. The second-order valence-electron chi connectivity index (χ2n) is 9.35. The standard InChI is InChI=1S/C23H36N4O4/c1-15(2)24-21(29)19(25-20(28)17-7-9-18(31-6)10-8-17)16-11-13-27(14-12-16)22(30)26-23(3,4)5/h7-10,15-16,19H,11-14H2,1-6H3,(H,24,29)(H,25,28)(H,26,30). The maximum absolute atomic E-state index is 12.9. The van der Waals surface area contributed by atoms with Crippen LogP contribution in [0.3, 0.4) is 0 Å². The number of rotatable bonds is 6. The highest BCUT2D eigenvalue weighted by molar-refractivity contribution is 5.97. The number of hydrogen-bond donors (Lipinski definition) is 3. The summed E-state index contributed by atoms with van der Waals surface area (Å²) >= 11 is 0. The van der Waals surface area contributed by atoms with Gasteiger partial charge >= 0.3 is 6.03 Å². The van der Waals surface area contributed by atoms with Gasteiger partial charge in [0.1, 0.15) is 11.8 Å². The largest absolute Gasteiger partial charge is 0.497 e. The first-order valence-electron chi connectivity index (χ1n) is 10.8. The zero-order valence-corrected chi connectivity index (χ0v) is 19.5. The van der Waals surface area contributed by atoms with E-state index in [1.165, 1.54) is 0 Å². The molecule has 1 fully saturated rings. The molecule has 0 bridgehead atoms. The van der Waals surface area contributed by atoms with Crippen molar-refractivity contribution in [1.82, 2.24) is 20.9 Å². The van der Waals surface area contributed by atoms with Crippen LogP contribution in [0.1, 0.15) is 57.8 Å². The SMILES string of the molecule is COc1ccc(C(=O)NC(C(=O)NC(C)C)C2CCN(C(=O)NC(C)(C)C)CC2)cc1. The first kappa shape index (κ1) is 24.5. The number of ether oxygens (including phenoxy) is 1. The molecule has 3 N–H and O–H groups in total. The van der Waals surface area contributed by atoms with E-state index in [0.717, 1.165) is 0 Å². The maximum Gasteiger partial charge on any atom is 0.317 e. The smallest absolute Gasteiger partial charge is 0.317 e. The Balaban J connectivity index is 2.07. The van der Waals surface area contributed by atoms with Gasteiger partial charge in [0.2, 0.25) is 5.91 Å². The van der Waals surface area contributed by atoms with E-state index in [1.54, 1.807) is 36.3 Å². The Hall–Kier alpha value is -2.77. The molecule has 4 amide bonds. The van der Waals surface area contributed by atoms with Crippen LogP contribution in [0.15, 0.2) is 24.3 Å². The summed E-state index contributed by atoms with van der Waals surface area (Å²) in [6.45, 7) is 10.7. The lowest BCUT2D eigenvalue weighted by Crippen LogP contribution is -2.56. The number of carbonyl (C=O) groups excluding carboxylic acids is 3. The summed E-state index contributed by atoms with van der Waals surface area (Å²) in [6, 6.07) is 5.97. The first-order chi connectivity index (χ1) is 14.5. The number of nitrogens with zero attached hydrogens (tertiary/aromatic N) is 1. The lowest BCUT2D eigenvalue weighted by Gasteiger charge is -2.37. The van der Waals surface area contributed by atoms with Crippen LogP contribution >= 0.6 is 0 Å². The van der Waals surface area contributed by atoms with Gasteiger partial charge in [0, 0.05) is 30.2 Å². The molecule has 1 aliphatic heterocycles. The van der Waals surface area contributed by atoms with Crippen LogP contribution in [0.25, 0.3) is 0 Å². The van der Waals surface area contributed by atoms with Crippen molar-refractivity contribution in [3.8, 4) is 5.75 Å². The quantitative estimate of drug-likeness (QED) is 0.643. The van der Waals surface area contributed by atoms with Crippen molar-refractivity contribution in [2.75, 3.05) is 20.2 Å². The van der Waals surface area contributed by atoms with Crippen molar-refractivity contribution in [1.29, 1.82) is 0 Å². The van der Waals surface area contributed by atoms with E-state index in [0.29, 0.717) is 37.2 Å². The number of amides is 4. The highest BCUT2D eigenvalue weighted by atomic mass is 16.5. The summed E-state index contributed by atoms with van der Waals surface area (Å²) in [6.07, 6.45) is 1.27. The number of piperidine rings is 1. The molecule has 1 atom stereocenters. The summed E-state index contributed by atoms with van der Waals surface area (Å²) < 4.78 is 5.13. The number of benzene rings is 1. The molecule has 1 aliphatic rings. The van der Waals surface area contributed by atoms with Crippen molar-refractivity contribution >= 4 is 17.8 Å². The van der Waals surface area contributed by atoms with Crippen molar-refractivity contribution in [2.45, 2.75) is 65.1 Å². The van der Waals surface area contributed by atoms with Crippen LogP contribution in [0.2, 0.25) is 0 Å². The highest BCUT2D eigenvalue weighted by Crippen LogP contribution is 2.22. The van der Waals surface area contributed by atoms with Crippen LogP contribution in [-0.4, -0.2) is 60.6 Å². The summed E-state index contributed by atoms with van der Waals surface area (Å²) in [5.41, 5.74) is 0.157. The van der Waals surface area contributed by atoms with E-state index in [1.807, 2.05) is 34.6 Å². The molecule has 172 valence electrons. The highest BCUT2D eigenvalue weighted by Gasteiger charge is 2.34. The lowest BCUT2D eigenvalue weighted by atomic mass is 9.88. The molecule has 31 heavy (non-hydrogen) atoms. The summed E-state index contributed by atoms with van der Waals surface area (Å²) in [5.74, 6) is 0.0973. The lowest BCUT2D eigenvalue weighted by molar-refractivity contribution is -0.125. The summed E-state index contributed by atoms with van der Waals surface area (Å²) in [4.78, 5) is 39.9. The van der Waals surface area contributed by atoms with Gasteiger partial charge in [-0.25, -0.2) is 4.79 Å². The second kappa shape index (κ2) is 10.5. The molecule has 8 nitrogen and oxygen atoms in total. The Morgan fingerprint density at radius 1 is 1.03 bits per heavy atom. The van der Waals surface area contributed by atoms with E-state index in [4.69, 9.17) is 4.74 Å². The Morgan fingerprint density at radius 2 is 1.61 bits per heavy atom. The predicted octanol–water partition coefficient (Wildman–Crippen LogP) is 2.54. The van der Waals surface area contributed by atoms with Gasteiger partial charge in [-0.05, 0) is 77.6 Å².